The number of aryl methyl sites for hydroxylation is 2. The van der Waals surface area contributed by atoms with Crippen LogP contribution in [0.25, 0.3) is 0 Å². The molecule has 0 aromatic heterocycles. The second-order valence-corrected chi connectivity index (χ2v) is 7.77. The molecule has 2 aromatic rings. The Morgan fingerprint density at radius 1 is 1.17 bits per heavy atom. The van der Waals surface area contributed by atoms with Gasteiger partial charge in [0.25, 0.3) is 10.0 Å². The molecule has 2 N–H and O–H groups in total. The maximum Gasteiger partial charge on any atom is 0.335 e. The van der Waals surface area contributed by atoms with Gasteiger partial charge in [0, 0.05) is 0 Å². The highest BCUT2D eigenvalue weighted by molar-refractivity contribution is 7.92. The lowest BCUT2D eigenvalue weighted by atomic mass is 10.1. The van der Waals surface area contributed by atoms with Crippen LogP contribution in [0.3, 0.4) is 0 Å². The molecule has 0 spiro atoms. The van der Waals surface area contributed by atoms with E-state index < -0.39 is 16.0 Å². The molecule has 2 aromatic carbocycles. The molecular weight excluding hydrogens is 326 g/mol. The fourth-order valence-electron chi connectivity index (χ4n) is 3.09. The Hall–Kier alpha value is -2.34. The van der Waals surface area contributed by atoms with Crippen LogP contribution in [-0.2, 0) is 22.9 Å². The summed E-state index contributed by atoms with van der Waals surface area (Å²) in [5.41, 5.74) is 3.92. The summed E-state index contributed by atoms with van der Waals surface area (Å²) in [6.45, 7) is 3.77. The zero-order valence-electron chi connectivity index (χ0n) is 13.6. The lowest BCUT2D eigenvalue weighted by molar-refractivity contribution is 0.0696. The second-order valence-electron chi connectivity index (χ2n) is 6.12. The van der Waals surface area contributed by atoms with E-state index in [9.17, 15) is 18.3 Å². The summed E-state index contributed by atoms with van der Waals surface area (Å²) in [4.78, 5) is 11.4. The van der Waals surface area contributed by atoms with Crippen molar-refractivity contribution in [3.8, 4) is 0 Å². The number of hydrogen-bond donors (Lipinski definition) is 2. The van der Waals surface area contributed by atoms with Crippen LogP contribution in [0.15, 0.2) is 35.2 Å². The first-order valence-electron chi connectivity index (χ1n) is 7.78. The number of carboxylic acids is 1. The molecule has 3 rings (SSSR count). The van der Waals surface area contributed by atoms with Gasteiger partial charge in [0.1, 0.15) is 0 Å². The lowest BCUT2D eigenvalue weighted by Gasteiger charge is -2.15. The summed E-state index contributed by atoms with van der Waals surface area (Å²) < 4.78 is 28.4. The summed E-state index contributed by atoms with van der Waals surface area (Å²) in [6, 6.07) is 8.26. The van der Waals surface area contributed by atoms with Crippen molar-refractivity contribution in [2.75, 3.05) is 4.72 Å². The average Bonchev–Trinajstić information content (AvgIpc) is 2.98. The summed E-state index contributed by atoms with van der Waals surface area (Å²) in [7, 11) is -3.85. The molecule has 6 heteroatoms. The minimum atomic E-state index is -3.85. The number of fused-ring (bicyclic) bond motifs is 1. The first-order chi connectivity index (χ1) is 11.3. The minimum Gasteiger partial charge on any atom is -0.478 e. The van der Waals surface area contributed by atoms with Crippen molar-refractivity contribution in [1.82, 2.24) is 0 Å². The summed E-state index contributed by atoms with van der Waals surface area (Å²) in [5, 5.41) is 9.26. The molecule has 24 heavy (non-hydrogen) atoms. The van der Waals surface area contributed by atoms with Crippen molar-refractivity contribution >= 4 is 21.7 Å². The van der Waals surface area contributed by atoms with Crippen molar-refractivity contribution in [2.24, 2.45) is 0 Å². The maximum atomic E-state index is 12.9. The van der Waals surface area contributed by atoms with Crippen LogP contribution >= 0.6 is 0 Å². The fraction of sp³-hybridized carbons (Fsp3) is 0.278. The van der Waals surface area contributed by atoms with E-state index in [0.717, 1.165) is 28.7 Å². The van der Waals surface area contributed by atoms with E-state index in [-0.39, 0.29) is 10.5 Å². The normalized spacial score (nSPS) is 13.6. The topological polar surface area (TPSA) is 83.5 Å². The summed E-state index contributed by atoms with van der Waals surface area (Å²) in [6.07, 6.45) is 2.20. The standard InChI is InChI=1S/C18H19NO4S/c1-11-5-3-8-16(12(11)2)19-24(22,23)17-10-14(18(20)21)9-13-6-4-7-15(13)17/h3,5,8-10,19H,4,6-7H2,1-2H3,(H,20,21). The number of carbonyl (C=O) groups is 1. The third-order valence-corrected chi connectivity index (χ3v) is 5.99. The van der Waals surface area contributed by atoms with Gasteiger partial charge in [-0.3, -0.25) is 4.72 Å². The number of nitrogens with one attached hydrogen (secondary N) is 1. The van der Waals surface area contributed by atoms with Gasteiger partial charge in [0.15, 0.2) is 0 Å². The Labute approximate surface area is 141 Å². The molecule has 126 valence electrons. The van der Waals surface area contributed by atoms with Gasteiger partial charge in [-0.2, -0.15) is 0 Å². The van der Waals surface area contributed by atoms with E-state index in [2.05, 4.69) is 4.72 Å². The number of anilines is 1. The average molecular weight is 345 g/mol. The van der Waals surface area contributed by atoms with Gasteiger partial charge in [0.2, 0.25) is 0 Å². The second kappa shape index (κ2) is 5.94. The lowest BCUT2D eigenvalue weighted by Crippen LogP contribution is -2.17. The van der Waals surface area contributed by atoms with Crippen LogP contribution in [0.1, 0.15) is 39.0 Å². The predicted octanol–water partition coefficient (Wildman–Crippen LogP) is 3.29. The van der Waals surface area contributed by atoms with Crippen molar-refractivity contribution in [3.63, 3.8) is 0 Å². The highest BCUT2D eigenvalue weighted by Crippen LogP contribution is 2.32. The quantitative estimate of drug-likeness (QED) is 0.890. The first kappa shape index (κ1) is 16.5. The first-order valence-corrected chi connectivity index (χ1v) is 9.26. The highest BCUT2D eigenvalue weighted by Gasteiger charge is 2.26. The van der Waals surface area contributed by atoms with Crippen molar-refractivity contribution in [1.29, 1.82) is 0 Å². The van der Waals surface area contributed by atoms with Gasteiger partial charge in [0.05, 0.1) is 16.1 Å². The van der Waals surface area contributed by atoms with Gasteiger partial charge < -0.3 is 5.11 Å². The van der Waals surface area contributed by atoms with Gasteiger partial charge in [-0.05, 0) is 73.6 Å². The van der Waals surface area contributed by atoms with Crippen LogP contribution in [0.4, 0.5) is 5.69 Å². The molecule has 0 fully saturated rings. The van der Waals surface area contributed by atoms with Crippen molar-refractivity contribution in [3.05, 3.63) is 58.1 Å². The molecular formula is C18H19NO4S. The third-order valence-electron chi connectivity index (χ3n) is 4.56. The Morgan fingerprint density at radius 3 is 2.62 bits per heavy atom. The maximum absolute atomic E-state index is 12.9. The molecule has 0 bridgehead atoms. The third kappa shape index (κ3) is 2.89. The Bertz CT molecular complexity index is 932. The van der Waals surface area contributed by atoms with Crippen molar-refractivity contribution < 1.29 is 18.3 Å². The van der Waals surface area contributed by atoms with Gasteiger partial charge in [-0.1, -0.05) is 12.1 Å². The molecule has 0 radical (unpaired) electrons. The smallest absolute Gasteiger partial charge is 0.335 e. The molecule has 0 heterocycles. The van der Waals surface area contributed by atoms with Crippen molar-refractivity contribution in [2.45, 2.75) is 38.0 Å². The van der Waals surface area contributed by atoms with E-state index in [4.69, 9.17) is 0 Å². The van der Waals surface area contributed by atoms with Gasteiger partial charge in [-0.15, -0.1) is 0 Å². The molecule has 0 unspecified atom stereocenters. The van der Waals surface area contributed by atoms with Crippen LogP contribution in [0, 0.1) is 13.8 Å². The number of carboxylic acid groups (broad SMARTS) is 1. The number of benzene rings is 2. The molecule has 0 amide bonds. The molecule has 1 aliphatic rings. The van der Waals surface area contributed by atoms with E-state index in [0.29, 0.717) is 18.5 Å². The van der Waals surface area contributed by atoms with Crippen LogP contribution in [0.5, 0.6) is 0 Å². The van der Waals surface area contributed by atoms with Crippen LogP contribution in [0.2, 0.25) is 0 Å². The Morgan fingerprint density at radius 2 is 1.92 bits per heavy atom. The van der Waals surface area contributed by atoms with E-state index in [1.807, 2.05) is 19.9 Å². The van der Waals surface area contributed by atoms with E-state index in [1.54, 1.807) is 18.2 Å². The molecule has 5 nitrogen and oxygen atoms in total. The number of aromatic carboxylic acids is 1. The SMILES string of the molecule is Cc1cccc(NS(=O)(=O)c2cc(C(=O)O)cc3c2CCC3)c1C. The van der Waals surface area contributed by atoms with Crippen LogP contribution < -0.4 is 4.72 Å². The minimum absolute atomic E-state index is 0.0111. The molecule has 0 aliphatic heterocycles. The van der Waals surface area contributed by atoms with Gasteiger partial charge in [-0.25, -0.2) is 13.2 Å². The summed E-state index contributed by atoms with van der Waals surface area (Å²) in [5.74, 6) is -1.12. The Balaban J connectivity index is 2.10. The number of hydrogen-bond acceptors (Lipinski definition) is 3. The largest absolute Gasteiger partial charge is 0.478 e. The molecule has 1 aliphatic carbocycles. The molecule has 0 atom stereocenters. The number of sulfonamides is 1. The van der Waals surface area contributed by atoms with E-state index in [1.165, 1.54) is 6.07 Å². The monoisotopic (exact) mass is 345 g/mol. The highest BCUT2D eigenvalue weighted by atomic mass is 32.2. The van der Waals surface area contributed by atoms with Crippen LogP contribution in [-0.4, -0.2) is 19.5 Å². The predicted molar refractivity (Wildman–Crippen MR) is 92.2 cm³/mol. The fourth-order valence-corrected chi connectivity index (χ4v) is 4.55. The zero-order valence-corrected chi connectivity index (χ0v) is 14.4. The number of rotatable bonds is 4. The summed E-state index contributed by atoms with van der Waals surface area (Å²) >= 11 is 0. The molecule has 0 saturated carbocycles. The Kier molecular flexibility index (Phi) is 4.09. The van der Waals surface area contributed by atoms with Gasteiger partial charge >= 0.3 is 5.97 Å². The van der Waals surface area contributed by atoms with E-state index >= 15 is 0 Å². The molecule has 0 saturated heterocycles. The zero-order chi connectivity index (χ0) is 17.5.